The number of fused-ring (bicyclic) bond motifs is 1. The maximum absolute atomic E-state index is 15.3. The van der Waals surface area contributed by atoms with Crippen molar-refractivity contribution in [3.63, 3.8) is 0 Å². The maximum Gasteiger partial charge on any atom is 0.410 e. The first-order chi connectivity index (χ1) is 21.6. The van der Waals surface area contributed by atoms with Crippen LogP contribution in [0.15, 0.2) is 40.9 Å². The Hall–Kier alpha value is -4.15. The Morgan fingerprint density at radius 3 is 2.46 bits per heavy atom. The summed E-state index contributed by atoms with van der Waals surface area (Å²) in [6, 6.07) is 1.14. The summed E-state index contributed by atoms with van der Waals surface area (Å²) in [5, 5.41) is 4.16. The van der Waals surface area contributed by atoms with Gasteiger partial charge in [-0.15, -0.1) is 0 Å². The molecule has 2 N–H and O–H groups in total. The van der Waals surface area contributed by atoms with Crippen LogP contribution >= 0.6 is 0 Å². The summed E-state index contributed by atoms with van der Waals surface area (Å²) in [6.07, 6.45) is -5.22. The zero-order valence-electron chi connectivity index (χ0n) is 24.5. The lowest BCUT2D eigenvalue weighted by atomic mass is 9.81. The first kappa shape index (κ1) is 33.2. The van der Waals surface area contributed by atoms with Crippen molar-refractivity contribution in [2.75, 3.05) is 27.4 Å². The number of nitrogens with zero attached hydrogens (tertiary/aromatic N) is 3. The van der Waals surface area contributed by atoms with E-state index in [0.29, 0.717) is 5.56 Å². The Labute approximate surface area is 257 Å². The molecule has 3 aromatic rings. The van der Waals surface area contributed by atoms with E-state index in [9.17, 15) is 31.5 Å². The first-order valence-corrected chi connectivity index (χ1v) is 14.2. The number of alkyl halides is 7. The first-order valence-electron chi connectivity index (χ1n) is 14.2. The number of aromatic nitrogens is 2. The molecule has 1 aliphatic carbocycles. The lowest BCUT2D eigenvalue weighted by Crippen LogP contribution is -2.43. The summed E-state index contributed by atoms with van der Waals surface area (Å²) >= 11 is 0. The van der Waals surface area contributed by atoms with Crippen molar-refractivity contribution in [2.45, 2.75) is 61.8 Å². The van der Waals surface area contributed by atoms with E-state index in [-0.39, 0.29) is 42.3 Å². The van der Waals surface area contributed by atoms with E-state index in [1.807, 2.05) is 5.32 Å². The molecule has 3 heterocycles. The molecule has 250 valence electrons. The number of carbonyl (C=O) groups is 2. The molecule has 10 nitrogen and oxygen atoms in total. The zero-order valence-corrected chi connectivity index (χ0v) is 24.5. The summed E-state index contributed by atoms with van der Waals surface area (Å²) < 4.78 is 114. The van der Waals surface area contributed by atoms with Gasteiger partial charge in [-0.05, 0) is 42.5 Å². The molecule has 0 spiro atoms. The quantitative estimate of drug-likeness (QED) is 0.270. The number of carbonyl (C=O) groups excluding carboxylic acids is 2. The van der Waals surface area contributed by atoms with E-state index < -0.39 is 79.0 Å². The Balaban J connectivity index is 1.45. The van der Waals surface area contributed by atoms with E-state index in [2.05, 4.69) is 15.3 Å². The topological polar surface area (TPSA) is 119 Å². The molecule has 2 aliphatic rings. The SMILES string of the molecule is COCC(c1ccc2oc(C(NC(=O)C(F)(F)c3ccc(OC)nc3)C3CCC(F)(F)CC3)nc2c1)N1CC(C(F)(F)F)NC1=O. The van der Waals surface area contributed by atoms with Crippen molar-refractivity contribution in [2.24, 2.45) is 5.92 Å². The van der Waals surface area contributed by atoms with Crippen LogP contribution in [0.2, 0.25) is 0 Å². The van der Waals surface area contributed by atoms with Gasteiger partial charge in [0.1, 0.15) is 17.6 Å². The van der Waals surface area contributed by atoms with Crippen LogP contribution in [0.4, 0.5) is 35.5 Å². The van der Waals surface area contributed by atoms with E-state index in [0.717, 1.165) is 23.2 Å². The summed E-state index contributed by atoms with van der Waals surface area (Å²) in [4.78, 5) is 34.5. The average molecular weight is 662 g/mol. The van der Waals surface area contributed by atoms with Gasteiger partial charge in [-0.3, -0.25) is 4.79 Å². The Bertz CT molecular complexity index is 1560. The Morgan fingerprint density at radius 1 is 1.15 bits per heavy atom. The zero-order chi connectivity index (χ0) is 33.4. The molecule has 1 saturated carbocycles. The molecule has 17 heteroatoms. The van der Waals surface area contributed by atoms with E-state index in [1.165, 1.54) is 32.4 Å². The van der Waals surface area contributed by atoms with E-state index in [1.54, 1.807) is 0 Å². The van der Waals surface area contributed by atoms with E-state index in [4.69, 9.17) is 13.9 Å². The lowest BCUT2D eigenvalue weighted by Gasteiger charge is -2.33. The monoisotopic (exact) mass is 661 g/mol. The van der Waals surface area contributed by atoms with Gasteiger partial charge in [0.05, 0.1) is 26.3 Å². The van der Waals surface area contributed by atoms with E-state index >= 15 is 8.78 Å². The van der Waals surface area contributed by atoms with Crippen molar-refractivity contribution >= 4 is 23.0 Å². The molecule has 3 atom stereocenters. The Kier molecular flexibility index (Phi) is 9.07. The van der Waals surface area contributed by atoms with Crippen LogP contribution in [0.5, 0.6) is 5.88 Å². The van der Waals surface area contributed by atoms with Gasteiger partial charge in [0, 0.05) is 37.8 Å². The van der Waals surface area contributed by atoms with Gasteiger partial charge in [0.2, 0.25) is 17.7 Å². The minimum Gasteiger partial charge on any atom is -0.481 e. The molecule has 5 rings (SSSR count). The number of ether oxygens (including phenoxy) is 2. The smallest absolute Gasteiger partial charge is 0.410 e. The van der Waals surface area contributed by atoms with Crippen molar-refractivity contribution in [1.29, 1.82) is 0 Å². The highest BCUT2D eigenvalue weighted by Gasteiger charge is 2.49. The van der Waals surface area contributed by atoms with Gasteiger partial charge in [0.25, 0.3) is 5.91 Å². The highest BCUT2D eigenvalue weighted by Crippen LogP contribution is 2.43. The third kappa shape index (κ3) is 6.83. The molecule has 0 bridgehead atoms. The predicted molar refractivity (Wildman–Crippen MR) is 146 cm³/mol. The number of halogens is 7. The minimum absolute atomic E-state index is 0.0464. The molecule has 1 aliphatic heterocycles. The molecule has 1 aromatic carbocycles. The third-order valence-corrected chi connectivity index (χ3v) is 8.23. The molecule has 3 unspecified atom stereocenters. The lowest BCUT2D eigenvalue weighted by molar-refractivity contribution is -0.150. The van der Waals surface area contributed by atoms with Gasteiger partial charge in [-0.25, -0.2) is 23.5 Å². The number of hydrogen-bond donors (Lipinski definition) is 2. The van der Waals surface area contributed by atoms with Crippen LogP contribution < -0.4 is 15.4 Å². The number of rotatable bonds is 10. The molecule has 1 saturated heterocycles. The molecular formula is C29H30F7N5O5. The number of nitrogens with one attached hydrogen (secondary N) is 2. The predicted octanol–water partition coefficient (Wildman–Crippen LogP) is 5.65. The number of oxazole rings is 1. The maximum atomic E-state index is 15.3. The fourth-order valence-electron chi connectivity index (χ4n) is 5.66. The van der Waals surface area contributed by atoms with Crippen molar-refractivity contribution in [1.82, 2.24) is 25.5 Å². The molecule has 2 aromatic heterocycles. The highest BCUT2D eigenvalue weighted by atomic mass is 19.4. The van der Waals surface area contributed by atoms with Crippen molar-refractivity contribution in [3.8, 4) is 5.88 Å². The molecule has 0 radical (unpaired) electrons. The standard InChI is InChI=1S/C29H30F7N5O5/c1-44-14-19(41-13-21(29(34,35)36)39-26(41)43)16-3-5-20-18(11-16)38-24(46-20)23(15-7-9-27(30,31)10-8-15)40-25(42)28(32,33)17-4-6-22(45-2)37-12-17/h3-6,11-12,15,19,21,23H,7-10,13-14H2,1-2H3,(H,39,43)(H,40,42). The average Bonchev–Trinajstić information content (AvgIpc) is 3.62. The fraction of sp³-hybridized carbons (Fsp3) is 0.517. The second kappa shape index (κ2) is 12.6. The number of pyridine rings is 1. The van der Waals surface area contributed by atoms with Crippen molar-refractivity contribution in [3.05, 3.63) is 53.5 Å². The number of methoxy groups -OCH3 is 2. The van der Waals surface area contributed by atoms with Crippen LogP contribution in [0.1, 0.15) is 54.8 Å². The normalized spacial score (nSPS) is 20.4. The summed E-state index contributed by atoms with van der Waals surface area (Å²) in [5.41, 5.74) is -0.138. The summed E-state index contributed by atoms with van der Waals surface area (Å²) in [6.45, 7) is -0.838. The van der Waals surface area contributed by atoms with Crippen LogP contribution in [0, 0.1) is 5.92 Å². The summed E-state index contributed by atoms with van der Waals surface area (Å²) in [7, 11) is 2.60. The number of hydrogen-bond acceptors (Lipinski definition) is 7. The molecule has 3 amide bonds. The van der Waals surface area contributed by atoms with Crippen LogP contribution in [0.25, 0.3) is 11.1 Å². The van der Waals surface area contributed by atoms with Gasteiger partial charge in [-0.2, -0.15) is 22.0 Å². The van der Waals surface area contributed by atoms with Gasteiger partial charge >= 0.3 is 18.1 Å². The fourth-order valence-corrected chi connectivity index (χ4v) is 5.66. The Morgan fingerprint density at radius 2 is 1.87 bits per heavy atom. The van der Waals surface area contributed by atoms with Crippen LogP contribution in [-0.2, 0) is 15.5 Å². The van der Waals surface area contributed by atoms with Crippen LogP contribution in [-0.4, -0.2) is 72.3 Å². The largest absolute Gasteiger partial charge is 0.481 e. The minimum atomic E-state index is -4.67. The number of amides is 3. The number of benzene rings is 1. The number of urea groups is 1. The van der Waals surface area contributed by atoms with Gasteiger partial charge < -0.3 is 29.4 Å². The van der Waals surface area contributed by atoms with Crippen LogP contribution in [0.3, 0.4) is 0 Å². The van der Waals surface area contributed by atoms with Crippen molar-refractivity contribution < 1.29 is 54.2 Å². The highest BCUT2D eigenvalue weighted by molar-refractivity contribution is 5.85. The second-order valence-electron chi connectivity index (χ2n) is 11.3. The molecule has 2 fully saturated rings. The summed E-state index contributed by atoms with van der Waals surface area (Å²) in [5.74, 6) is -9.68. The van der Waals surface area contributed by atoms with Gasteiger partial charge in [0.15, 0.2) is 5.58 Å². The van der Waals surface area contributed by atoms with Gasteiger partial charge in [-0.1, -0.05) is 6.07 Å². The second-order valence-corrected chi connectivity index (χ2v) is 11.3. The molecule has 46 heavy (non-hydrogen) atoms. The third-order valence-electron chi connectivity index (χ3n) is 8.23. The molecular weight excluding hydrogens is 631 g/mol.